The largest absolute Gasteiger partial charge is 0.351 e. The molecule has 1 amide bonds. The van der Waals surface area contributed by atoms with Crippen LogP contribution in [0, 0.1) is 0 Å². The minimum atomic E-state index is 0.00491. The van der Waals surface area contributed by atoms with Crippen LogP contribution in [0.5, 0.6) is 0 Å². The average Bonchev–Trinajstić information content (AvgIpc) is 2.31. The molecule has 1 N–H and O–H groups in total. The molecule has 0 atom stereocenters. The van der Waals surface area contributed by atoms with E-state index in [2.05, 4.69) is 21.2 Å². The lowest BCUT2D eigenvalue weighted by Crippen LogP contribution is -2.18. The summed E-state index contributed by atoms with van der Waals surface area (Å²) in [5.74, 6) is 0.00491. The standard InChI is InChI=1S/C7H8BrNOS/c1-5(10)9-4-7-6(8)2-3-11-7/h2-3H,4H2,1H3,(H,9,10). The third-order valence-electron chi connectivity index (χ3n) is 1.19. The van der Waals surface area contributed by atoms with Gasteiger partial charge in [0.15, 0.2) is 0 Å². The first-order chi connectivity index (χ1) is 5.20. The number of hydrogen-bond acceptors (Lipinski definition) is 2. The number of carbonyl (C=O) groups is 1. The van der Waals surface area contributed by atoms with Crippen LogP contribution in [0.25, 0.3) is 0 Å². The zero-order valence-electron chi connectivity index (χ0n) is 6.06. The van der Waals surface area contributed by atoms with Gasteiger partial charge in [0.05, 0.1) is 6.54 Å². The lowest BCUT2D eigenvalue weighted by molar-refractivity contribution is -0.119. The van der Waals surface area contributed by atoms with Gasteiger partial charge >= 0.3 is 0 Å². The van der Waals surface area contributed by atoms with E-state index in [1.807, 2.05) is 11.4 Å². The van der Waals surface area contributed by atoms with Gasteiger partial charge in [-0.15, -0.1) is 11.3 Å². The number of hydrogen-bond donors (Lipinski definition) is 1. The van der Waals surface area contributed by atoms with Gasteiger partial charge in [0, 0.05) is 16.3 Å². The summed E-state index contributed by atoms with van der Waals surface area (Å²) >= 11 is 5.01. The van der Waals surface area contributed by atoms with E-state index in [0.717, 1.165) is 9.35 Å². The highest BCUT2D eigenvalue weighted by Gasteiger charge is 2.00. The fraction of sp³-hybridized carbons (Fsp3) is 0.286. The van der Waals surface area contributed by atoms with Crippen molar-refractivity contribution in [2.75, 3.05) is 0 Å². The van der Waals surface area contributed by atoms with Crippen molar-refractivity contribution >= 4 is 33.2 Å². The van der Waals surface area contributed by atoms with Gasteiger partial charge in [-0.05, 0) is 27.4 Å². The van der Waals surface area contributed by atoms with Crippen LogP contribution in [0.3, 0.4) is 0 Å². The van der Waals surface area contributed by atoms with E-state index in [1.165, 1.54) is 6.92 Å². The first-order valence-corrected chi connectivity index (χ1v) is 4.83. The van der Waals surface area contributed by atoms with Crippen LogP contribution in [0.15, 0.2) is 15.9 Å². The van der Waals surface area contributed by atoms with E-state index in [0.29, 0.717) is 6.54 Å². The van der Waals surface area contributed by atoms with Crippen LogP contribution >= 0.6 is 27.3 Å². The Hall–Kier alpha value is -0.350. The first-order valence-electron chi connectivity index (χ1n) is 3.16. The van der Waals surface area contributed by atoms with Gasteiger partial charge in [-0.25, -0.2) is 0 Å². The van der Waals surface area contributed by atoms with Crippen molar-refractivity contribution in [1.29, 1.82) is 0 Å². The first kappa shape index (κ1) is 8.74. The summed E-state index contributed by atoms with van der Waals surface area (Å²) in [7, 11) is 0. The molecule has 0 spiro atoms. The topological polar surface area (TPSA) is 29.1 Å². The maximum Gasteiger partial charge on any atom is 0.217 e. The van der Waals surface area contributed by atoms with Crippen molar-refractivity contribution in [3.8, 4) is 0 Å². The van der Waals surface area contributed by atoms with Crippen LogP contribution in [-0.4, -0.2) is 5.91 Å². The second kappa shape index (κ2) is 3.88. The number of nitrogens with one attached hydrogen (secondary N) is 1. The molecular weight excluding hydrogens is 226 g/mol. The van der Waals surface area contributed by atoms with Gasteiger partial charge in [-0.3, -0.25) is 4.79 Å². The SMILES string of the molecule is CC(=O)NCc1sccc1Br. The van der Waals surface area contributed by atoms with Crippen molar-refractivity contribution < 1.29 is 4.79 Å². The van der Waals surface area contributed by atoms with Crippen molar-refractivity contribution in [1.82, 2.24) is 5.32 Å². The molecule has 0 bridgehead atoms. The molecule has 60 valence electrons. The highest BCUT2D eigenvalue weighted by molar-refractivity contribution is 9.10. The molecule has 0 aliphatic rings. The molecule has 0 aliphatic heterocycles. The van der Waals surface area contributed by atoms with Gasteiger partial charge in [0.25, 0.3) is 0 Å². The van der Waals surface area contributed by atoms with Crippen LogP contribution < -0.4 is 5.32 Å². The van der Waals surface area contributed by atoms with E-state index >= 15 is 0 Å². The lowest BCUT2D eigenvalue weighted by atomic mass is 10.4. The predicted octanol–water partition coefficient (Wildman–Crippen LogP) is 2.15. The van der Waals surface area contributed by atoms with Crippen LogP contribution in [-0.2, 0) is 11.3 Å². The molecule has 4 heteroatoms. The van der Waals surface area contributed by atoms with Crippen LogP contribution in [0.2, 0.25) is 0 Å². The van der Waals surface area contributed by atoms with E-state index in [9.17, 15) is 4.79 Å². The molecule has 1 heterocycles. The summed E-state index contributed by atoms with van der Waals surface area (Å²) in [5, 5.41) is 4.72. The molecule has 1 aromatic heterocycles. The van der Waals surface area contributed by atoms with E-state index in [4.69, 9.17) is 0 Å². The zero-order chi connectivity index (χ0) is 8.27. The summed E-state index contributed by atoms with van der Waals surface area (Å²) in [6, 6.07) is 1.97. The Morgan fingerprint density at radius 1 is 1.82 bits per heavy atom. The molecule has 0 aliphatic carbocycles. The predicted molar refractivity (Wildman–Crippen MR) is 49.5 cm³/mol. The highest BCUT2D eigenvalue weighted by Crippen LogP contribution is 2.21. The van der Waals surface area contributed by atoms with Gasteiger partial charge < -0.3 is 5.32 Å². The molecule has 1 rings (SSSR count). The Balaban J connectivity index is 2.51. The quantitative estimate of drug-likeness (QED) is 0.834. The third-order valence-corrected chi connectivity index (χ3v) is 3.12. The Morgan fingerprint density at radius 2 is 2.55 bits per heavy atom. The third kappa shape index (κ3) is 2.63. The Kier molecular flexibility index (Phi) is 3.08. The van der Waals surface area contributed by atoms with Crippen molar-refractivity contribution in [3.05, 3.63) is 20.8 Å². The van der Waals surface area contributed by atoms with E-state index in [-0.39, 0.29) is 5.91 Å². The summed E-state index contributed by atoms with van der Waals surface area (Å²) in [6.45, 7) is 2.13. The van der Waals surface area contributed by atoms with E-state index in [1.54, 1.807) is 11.3 Å². The minimum absolute atomic E-state index is 0.00491. The second-order valence-corrected chi connectivity index (χ2v) is 3.96. The normalized spacial score (nSPS) is 9.64. The zero-order valence-corrected chi connectivity index (χ0v) is 8.46. The smallest absolute Gasteiger partial charge is 0.217 e. The maximum absolute atomic E-state index is 10.5. The molecule has 0 saturated carbocycles. The molecule has 0 aromatic carbocycles. The summed E-state index contributed by atoms with van der Waals surface area (Å²) in [4.78, 5) is 11.7. The Bertz CT molecular complexity index is 259. The molecule has 0 fully saturated rings. The van der Waals surface area contributed by atoms with Crippen molar-refractivity contribution in [2.24, 2.45) is 0 Å². The summed E-state index contributed by atoms with van der Waals surface area (Å²) in [6.07, 6.45) is 0. The fourth-order valence-corrected chi connectivity index (χ4v) is 2.09. The van der Waals surface area contributed by atoms with Crippen molar-refractivity contribution in [2.45, 2.75) is 13.5 Å². The van der Waals surface area contributed by atoms with Gasteiger partial charge in [-0.2, -0.15) is 0 Å². The molecule has 11 heavy (non-hydrogen) atoms. The summed E-state index contributed by atoms with van der Waals surface area (Å²) < 4.78 is 1.07. The molecule has 1 aromatic rings. The monoisotopic (exact) mass is 233 g/mol. The number of halogens is 1. The molecule has 0 unspecified atom stereocenters. The number of rotatable bonds is 2. The molecule has 0 saturated heterocycles. The second-order valence-electron chi connectivity index (χ2n) is 2.10. The van der Waals surface area contributed by atoms with Crippen LogP contribution in [0.4, 0.5) is 0 Å². The van der Waals surface area contributed by atoms with E-state index < -0.39 is 0 Å². The molecular formula is C7H8BrNOS. The lowest BCUT2D eigenvalue weighted by Gasteiger charge is -1.98. The molecule has 2 nitrogen and oxygen atoms in total. The molecule has 0 radical (unpaired) electrons. The van der Waals surface area contributed by atoms with Gasteiger partial charge in [0.1, 0.15) is 0 Å². The van der Waals surface area contributed by atoms with Gasteiger partial charge in [-0.1, -0.05) is 0 Å². The Labute approximate surface area is 77.7 Å². The average molecular weight is 234 g/mol. The maximum atomic E-state index is 10.5. The summed E-state index contributed by atoms with van der Waals surface area (Å²) in [5.41, 5.74) is 0. The number of thiophene rings is 1. The fourth-order valence-electron chi connectivity index (χ4n) is 0.656. The Morgan fingerprint density at radius 3 is 3.00 bits per heavy atom. The van der Waals surface area contributed by atoms with Crippen molar-refractivity contribution in [3.63, 3.8) is 0 Å². The minimum Gasteiger partial charge on any atom is -0.351 e. The number of carbonyl (C=O) groups excluding carboxylic acids is 1. The van der Waals surface area contributed by atoms with Crippen LogP contribution in [0.1, 0.15) is 11.8 Å². The highest BCUT2D eigenvalue weighted by atomic mass is 79.9. The number of amides is 1. The van der Waals surface area contributed by atoms with Gasteiger partial charge in [0.2, 0.25) is 5.91 Å².